The Balaban J connectivity index is 1.56. The summed E-state index contributed by atoms with van der Waals surface area (Å²) in [6.07, 6.45) is 11.1. The van der Waals surface area contributed by atoms with Crippen LogP contribution in [0.4, 0.5) is 0 Å². The van der Waals surface area contributed by atoms with Crippen LogP contribution in [-0.2, 0) is 14.3 Å². The van der Waals surface area contributed by atoms with E-state index in [9.17, 15) is 9.59 Å². The van der Waals surface area contributed by atoms with E-state index in [-0.39, 0.29) is 6.61 Å². The highest BCUT2D eigenvalue weighted by Crippen LogP contribution is 2.43. The van der Waals surface area contributed by atoms with Gasteiger partial charge in [0.25, 0.3) is 0 Å². The Morgan fingerprint density at radius 1 is 0.833 bits per heavy atom. The molecule has 1 aliphatic carbocycles. The fourth-order valence-electron chi connectivity index (χ4n) is 5.78. The third kappa shape index (κ3) is 8.29. The Bertz CT molecular complexity index is 1360. The molecular formula is C37H42O5. The van der Waals surface area contributed by atoms with Crippen LogP contribution in [0.2, 0.25) is 0 Å². The van der Waals surface area contributed by atoms with Gasteiger partial charge in [-0.05, 0) is 89.6 Å². The molecule has 0 spiro atoms. The van der Waals surface area contributed by atoms with Crippen molar-refractivity contribution >= 4 is 11.9 Å². The van der Waals surface area contributed by atoms with Crippen molar-refractivity contribution < 1.29 is 23.8 Å². The van der Waals surface area contributed by atoms with Crippen LogP contribution in [0.25, 0.3) is 22.3 Å². The van der Waals surface area contributed by atoms with Crippen molar-refractivity contribution in [3.63, 3.8) is 0 Å². The zero-order valence-electron chi connectivity index (χ0n) is 24.9. The molecule has 0 atom stereocenters. The number of hydrogen-bond acceptors (Lipinski definition) is 5. The first kappa shape index (κ1) is 31.0. The van der Waals surface area contributed by atoms with Gasteiger partial charge in [-0.15, -0.1) is 0 Å². The maximum absolute atomic E-state index is 12.5. The normalized spacial score (nSPS) is 16.4. The monoisotopic (exact) mass is 566 g/mol. The van der Waals surface area contributed by atoms with E-state index >= 15 is 0 Å². The van der Waals surface area contributed by atoms with Crippen LogP contribution in [0.1, 0.15) is 69.8 Å². The molecule has 0 radical (unpaired) electrons. The van der Waals surface area contributed by atoms with Gasteiger partial charge in [0.2, 0.25) is 0 Å². The van der Waals surface area contributed by atoms with Crippen molar-refractivity contribution in [3.05, 3.63) is 97.1 Å². The SMILES string of the molecule is C=CC(=O)Oc1ccc(-c2ccc(-c3ccc(OC(=O)C(=C)COC)cc3C3CCC(CCCCC)CC3)cc2)cc1. The van der Waals surface area contributed by atoms with Gasteiger partial charge < -0.3 is 14.2 Å². The van der Waals surface area contributed by atoms with Crippen LogP contribution in [0.5, 0.6) is 11.5 Å². The van der Waals surface area contributed by atoms with Gasteiger partial charge in [-0.3, -0.25) is 0 Å². The molecule has 1 saturated carbocycles. The molecule has 1 fully saturated rings. The number of rotatable bonds is 13. The lowest BCUT2D eigenvalue weighted by Gasteiger charge is -2.30. The molecule has 0 saturated heterocycles. The third-order valence-corrected chi connectivity index (χ3v) is 8.11. The van der Waals surface area contributed by atoms with E-state index in [1.165, 1.54) is 51.2 Å². The molecule has 42 heavy (non-hydrogen) atoms. The first-order valence-corrected chi connectivity index (χ1v) is 15.0. The highest BCUT2D eigenvalue weighted by atomic mass is 16.5. The second-order valence-electron chi connectivity index (χ2n) is 11.1. The summed E-state index contributed by atoms with van der Waals surface area (Å²) in [4.78, 5) is 24.0. The number of unbranched alkanes of at least 4 members (excludes halogenated alkanes) is 2. The molecule has 3 aromatic carbocycles. The highest BCUT2D eigenvalue weighted by Gasteiger charge is 2.25. The number of carbonyl (C=O) groups excluding carboxylic acids is 2. The molecule has 0 heterocycles. The van der Waals surface area contributed by atoms with E-state index < -0.39 is 11.9 Å². The third-order valence-electron chi connectivity index (χ3n) is 8.11. The van der Waals surface area contributed by atoms with Gasteiger partial charge in [-0.25, -0.2) is 9.59 Å². The Morgan fingerprint density at radius 2 is 1.45 bits per heavy atom. The quantitative estimate of drug-likeness (QED) is 0.0894. The van der Waals surface area contributed by atoms with E-state index in [1.54, 1.807) is 12.1 Å². The average molecular weight is 567 g/mol. The predicted molar refractivity (Wildman–Crippen MR) is 169 cm³/mol. The van der Waals surface area contributed by atoms with Gasteiger partial charge in [0, 0.05) is 13.2 Å². The van der Waals surface area contributed by atoms with Crippen LogP contribution in [0.15, 0.2) is 91.5 Å². The van der Waals surface area contributed by atoms with Crippen LogP contribution >= 0.6 is 0 Å². The van der Waals surface area contributed by atoms with Crippen molar-refractivity contribution in [3.8, 4) is 33.8 Å². The predicted octanol–water partition coefficient (Wildman–Crippen LogP) is 9.07. The Morgan fingerprint density at radius 3 is 2.07 bits per heavy atom. The zero-order valence-corrected chi connectivity index (χ0v) is 24.9. The molecule has 0 aliphatic heterocycles. The molecule has 4 rings (SSSR count). The second kappa shape index (κ2) is 15.3. The number of ether oxygens (including phenoxy) is 3. The topological polar surface area (TPSA) is 61.8 Å². The summed E-state index contributed by atoms with van der Waals surface area (Å²) in [5.74, 6) is 1.29. The van der Waals surface area contributed by atoms with Crippen molar-refractivity contribution in [2.75, 3.05) is 13.7 Å². The molecule has 0 N–H and O–H groups in total. The number of carbonyl (C=O) groups is 2. The molecule has 0 unspecified atom stereocenters. The molecule has 220 valence electrons. The van der Waals surface area contributed by atoms with E-state index in [0.717, 1.165) is 47.1 Å². The average Bonchev–Trinajstić information content (AvgIpc) is 3.02. The summed E-state index contributed by atoms with van der Waals surface area (Å²) >= 11 is 0. The molecule has 0 bridgehead atoms. The lowest BCUT2D eigenvalue weighted by atomic mass is 9.75. The van der Waals surface area contributed by atoms with Crippen molar-refractivity contribution in [2.45, 2.75) is 64.2 Å². The fourth-order valence-corrected chi connectivity index (χ4v) is 5.78. The van der Waals surface area contributed by atoms with Crippen LogP contribution < -0.4 is 9.47 Å². The van der Waals surface area contributed by atoms with E-state index in [1.807, 2.05) is 24.3 Å². The first-order chi connectivity index (χ1) is 20.4. The van der Waals surface area contributed by atoms with Crippen molar-refractivity contribution in [1.29, 1.82) is 0 Å². The zero-order chi connectivity index (χ0) is 29.9. The summed E-state index contributed by atoms with van der Waals surface area (Å²) in [7, 11) is 1.53. The van der Waals surface area contributed by atoms with Gasteiger partial charge in [0.05, 0.1) is 12.2 Å². The van der Waals surface area contributed by atoms with Crippen molar-refractivity contribution in [2.24, 2.45) is 5.92 Å². The first-order valence-electron chi connectivity index (χ1n) is 15.0. The largest absolute Gasteiger partial charge is 0.423 e. The fraction of sp³-hybridized carbons (Fsp3) is 0.351. The molecule has 1 aliphatic rings. The van der Waals surface area contributed by atoms with E-state index in [4.69, 9.17) is 14.2 Å². The molecule has 0 aromatic heterocycles. The van der Waals surface area contributed by atoms with Crippen molar-refractivity contribution in [1.82, 2.24) is 0 Å². The minimum atomic E-state index is -0.478. The summed E-state index contributed by atoms with van der Waals surface area (Å²) in [6, 6.07) is 21.9. The Hall–Kier alpha value is -3.96. The number of esters is 2. The summed E-state index contributed by atoms with van der Waals surface area (Å²) in [6.45, 7) is 9.62. The van der Waals surface area contributed by atoms with Gasteiger partial charge in [0.15, 0.2) is 0 Å². The van der Waals surface area contributed by atoms with Crippen LogP contribution in [-0.4, -0.2) is 25.7 Å². The van der Waals surface area contributed by atoms with Crippen LogP contribution in [0, 0.1) is 5.92 Å². The maximum atomic E-state index is 12.5. The highest BCUT2D eigenvalue weighted by molar-refractivity contribution is 5.90. The number of methoxy groups -OCH3 is 1. The Kier molecular flexibility index (Phi) is 11.3. The molecule has 3 aromatic rings. The van der Waals surface area contributed by atoms with Gasteiger partial charge in [0.1, 0.15) is 11.5 Å². The summed E-state index contributed by atoms with van der Waals surface area (Å²) in [5, 5.41) is 0. The molecule has 0 amide bonds. The van der Waals surface area contributed by atoms with Gasteiger partial charge in [-0.2, -0.15) is 0 Å². The van der Waals surface area contributed by atoms with Gasteiger partial charge in [-0.1, -0.05) is 88.2 Å². The molecule has 5 nitrogen and oxygen atoms in total. The smallest absolute Gasteiger partial charge is 0.341 e. The molecule has 5 heteroatoms. The van der Waals surface area contributed by atoms with E-state index in [2.05, 4.69) is 50.4 Å². The summed E-state index contributed by atoms with van der Waals surface area (Å²) < 4.78 is 15.9. The summed E-state index contributed by atoms with van der Waals surface area (Å²) in [5.41, 5.74) is 5.90. The number of hydrogen-bond donors (Lipinski definition) is 0. The van der Waals surface area contributed by atoms with E-state index in [0.29, 0.717) is 23.0 Å². The second-order valence-corrected chi connectivity index (χ2v) is 11.1. The Labute approximate surface area is 250 Å². The van der Waals surface area contributed by atoms with Crippen LogP contribution in [0.3, 0.4) is 0 Å². The van der Waals surface area contributed by atoms with Gasteiger partial charge >= 0.3 is 11.9 Å². The standard InChI is InChI=1S/C37H42O5/c1-5-7-8-9-27-10-12-31(13-11-27)35-24-33(42-37(39)26(3)25-40-4)22-23-34(35)30-16-14-28(15-17-30)29-18-20-32(21-19-29)41-36(38)6-2/h6,14-24,27,31H,2-3,5,7-13,25H2,1,4H3. The molecular weight excluding hydrogens is 524 g/mol. The minimum Gasteiger partial charge on any atom is -0.423 e. The number of benzene rings is 3. The lowest BCUT2D eigenvalue weighted by Crippen LogP contribution is -2.16. The maximum Gasteiger partial charge on any atom is 0.341 e. The minimum absolute atomic E-state index is 0.140. The lowest BCUT2D eigenvalue weighted by molar-refractivity contribution is -0.131.